The van der Waals surface area contributed by atoms with Gasteiger partial charge in [-0.05, 0) is 20.3 Å². The number of hydrogen-bond acceptors (Lipinski definition) is 4. The molecule has 0 aliphatic heterocycles. The van der Waals surface area contributed by atoms with E-state index in [0.29, 0.717) is 6.54 Å². The van der Waals surface area contributed by atoms with E-state index >= 15 is 0 Å². The number of ether oxygens (including phenoxy) is 1. The predicted molar refractivity (Wildman–Crippen MR) is 72.9 cm³/mol. The van der Waals surface area contributed by atoms with E-state index in [4.69, 9.17) is 4.74 Å². The second-order valence-corrected chi connectivity index (χ2v) is 5.29. The number of carbonyl (C=O) groups excluding carboxylic acids is 1. The largest absolute Gasteiger partial charge is 0.380 e. The maximum Gasteiger partial charge on any atom is 0.315 e. The number of rotatable bonds is 6. The molecule has 0 radical (unpaired) electrons. The summed E-state index contributed by atoms with van der Waals surface area (Å²) in [5.41, 5.74) is 0. The van der Waals surface area contributed by atoms with Crippen molar-refractivity contribution in [3.63, 3.8) is 0 Å². The molecule has 0 saturated carbocycles. The highest BCUT2D eigenvalue weighted by atomic mass is 32.1. The highest BCUT2D eigenvalue weighted by Crippen LogP contribution is 2.19. The summed E-state index contributed by atoms with van der Waals surface area (Å²) >= 11 is 1.63. The van der Waals surface area contributed by atoms with Gasteiger partial charge in [-0.2, -0.15) is 0 Å². The van der Waals surface area contributed by atoms with Crippen LogP contribution in [0.2, 0.25) is 0 Å². The topological polar surface area (TPSA) is 63.2 Å². The number of urea groups is 1. The molecule has 18 heavy (non-hydrogen) atoms. The van der Waals surface area contributed by atoms with Crippen LogP contribution in [0.1, 0.15) is 36.7 Å². The van der Waals surface area contributed by atoms with E-state index in [1.165, 1.54) is 4.88 Å². The fourth-order valence-corrected chi connectivity index (χ4v) is 2.17. The van der Waals surface area contributed by atoms with Crippen LogP contribution in [0.25, 0.3) is 0 Å². The van der Waals surface area contributed by atoms with Crippen LogP contribution in [0, 0.1) is 0 Å². The van der Waals surface area contributed by atoms with Crippen LogP contribution in [-0.4, -0.2) is 30.8 Å². The zero-order valence-electron chi connectivity index (χ0n) is 11.3. The minimum Gasteiger partial charge on any atom is -0.380 e. The van der Waals surface area contributed by atoms with Gasteiger partial charge in [0, 0.05) is 24.7 Å². The Morgan fingerprint density at radius 2 is 2.28 bits per heavy atom. The molecule has 1 heterocycles. The SMILES string of the molecule is CCc1cnc(C(C)NC(=O)NCC(C)OC)s1. The number of hydrogen-bond donors (Lipinski definition) is 2. The Kier molecular flexibility index (Phi) is 6.07. The molecule has 2 amide bonds. The molecule has 1 aromatic rings. The van der Waals surface area contributed by atoms with Crippen molar-refractivity contribution >= 4 is 17.4 Å². The molecule has 2 atom stereocenters. The van der Waals surface area contributed by atoms with Gasteiger partial charge in [-0.3, -0.25) is 0 Å². The van der Waals surface area contributed by atoms with Crippen LogP contribution in [0.15, 0.2) is 6.20 Å². The molecule has 0 saturated heterocycles. The van der Waals surface area contributed by atoms with Crippen molar-refractivity contribution in [3.8, 4) is 0 Å². The molecular weight excluding hydrogens is 250 g/mol. The molecule has 0 bridgehead atoms. The highest BCUT2D eigenvalue weighted by Gasteiger charge is 2.13. The lowest BCUT2D eigenvalue weighted by molar-refractivity contribution is 0.118. The first-order valence-corrected chi connectivity index (χ1v) is 6.90. The summed E-state index contributed by atoms with van der Waals surface area (Å²) in [5.74, 6) is 0. The Morgan fingerprint density at radius 1 is 1.56 bits per heavy atom. The van der Waals surface area contributed by atoms with Crippen molar-refractivity contribution in [3.05, 3.63) is 16.1 Å². The van der Waals surface area contributed by atoms with E-state index in [0.717, 1.165) is 11.4 Å². The molecule has 0 aliphatic rings. The van der Waals surface area contributed by atoms with Gasteiger partial charge in [-0.1, -0.05) is 6.92 Å². The number of methoxy groups -OCH3 is 1. The van der Waals surface area contributed by atoms with Crippen LogP contribution in [0.5, 0.6) is 0 Å². The Balaban J connectivity index is 2.39. The standard InChI is InChI=1S/C12H21N3O2S/c1-5-10-7-13-11(18-10)9(3)15-12(16)14-6-8(2)17-4/h7-9H,5-6H2,1-4H3,(H2,14,15,16). The van der Waals surface area contributed by atoms with E-state index in [-0.39, 0.29) is 18.2 Å². The second-order valence-electron chi connectivity index (χ2n) is 4.14. The maximum absolute atomic E-state index is 11.6. The van der Waals surface area contributed by atoms with Crippen LogP contribution in [-0.2, 0) is 11.2 Å². The number of carbonyl (C=O) groups is 1. The lowest BCUT2D eigenvalue weighted by Crippen LogP contribution is -2.40. The minimum absolute atomic E-state index is 0.0117. The van der Waals surface area contributed by atoms with Gasteiger partial charge in [0.15, 0.2) is 0 Å². The fraction of sp³-hybridized carbons (Fsp3) is 0.667. The monoisotopic (exact) mass is 271 g/mol. The maximum atomic E-state index is 11.6. The van der Waals surface area contributed by atoms with Crippen LogP contribution in [0.3, 0.4) is 0 Å². The second kappa shape index (κ2) is 7.33. The molecule has 6 heteroatoms. The number of aromatic nitrogens is 1. The average Bonchev–Trinajstić information content (AvgIpc) is 2.84. The van der Waals surface area contributed by atoms with Gasteiger partial charge in [0.1, 0.15) is 5.01 Å². The number of nitrogens with zero attached hydrogens (tertiary/aromatic N) is 1. The molecule has 0 aliphatic carbocycles. The van der Waals surface area contributed by atoms with Gasteiger partial charge in [-0.15, -0.1) is 11.3 Å². The summed E-state index contributed by atoms with van der Waals surface area (Å²) in [5, 5.41) is 6.54. The third-order valence-electron chi connectivity index (χ3n) is 2.59. The van der Waals surface area contributed by atoms with Gasteiger partial charge in [0.2, 0.25) is 0 Å². The quantitative estimate of drug-likeness (QED) is 0.833. The number of amides is 2. The Bertz CT molecular complexity index is 381. The molecule has 0 fully saturated rings. The lowest BCUT2D eigenvalue weighted by atomic mass is 10.3. The van der Waals surface area contributed by atoms with Crippen molar-refractivity contribution in [1.29, 1.82) is 0 Å². The summed E-state index contributed by atoms with van der Waals surface area (Å²) in [4.78, 5) is 17.2. The fourth-order valence-electron chi connectivity index (χ4n) is 1.32. The van der Waals surface area contributed by atoms with Crippen molar-refractivity contribution < 1.29 is 9.53 Å². The van der Waals surface area contributed by atoms with Crippen molar-refractivity contribution in [1.82, 2.24) is 15.6 Å². The van der Waals surface area contributed by atoms with Crippen LogP contribution < -0.4 is 10.6 Å². The third kappa shape index (κ3) is 4.62. The summed E-state index contributed by atoms with van der Waals surface area (Å²) < 4.78 is 5.06. The van der Waals surface area contributed by atoms with Crippen LogP contribution >= 0.6 is 11.3 Å². The van der Waals surface area contributed by atoms with Gasteiger partial charge in [0.25, 0.3) is 0 Å². The molecule has 102 valence electrons. The van der Waals surface area contributed by atoms with Gasteiger partial charge in [0.05, 0.1) is 12.1 Å². The predicted octanol–water partition coefficient (Wildman–Crippen LogP) is 2.10. The summed E-state index contributed by atoms with van der Waals surface area (Å²) in [7, 11) is 1.62. The molecule has 2 unspecified atom stereocenters. The van der Waals surface area contributed by atoms with Crippen LogP contribution in [0.4, 0.5) is 4.79 Å². The summed E-state index contributed by atoms with van der Waals surface area (Å²) in [6, 6.07) is -0.271. The Hall–Kier alpha value is -1.14. The van der Waals surface area contributed by atoms with Crippen molar-refractivity contribution in [2.75, 3.05) is 13.7 Å². The Morgan fingerprint density at radius 3 is 2.83 bits per heavy atom. The number of aryl methyl sites for hydroxylation is 1. The molecule has 0 aromatic carbocycles. The molecule has 1 rings (SSSR count). The third-order valence-corrected chi connectivity index (χ3v) is 3.91. The summed E-state index contributed by atoms with van der Waals surface area (Å²) in [6.07, 6.45) is 2.85. The van der Waals surface area contributed by atoms with E-state index in [2.05, 4.69) is 22.5 Å². The number of nitrogens with one attached hydrogen (secondary N) is 2. The molecule has 5 nitrogen and oxygen atoms in total. The van der Waals surface area contributed by atoms with Crippen molar-refractivity contribution in [2.24, 2.45) is 0 Å². The first kappa shape index (κ1) is 14.9. The van der Waals surface area contributed by atoms with Gasteiger partial charge < -0.3 is 15.4 Å². The Labute approximate surface area is 112 Å². The smallest absolute Gasteiger partial charge is 0.315 e. The van der Waals surface area contributed by atoms with Crippen molar-refractivity contribution in [2.45, 2.75) is 39.3 Å². The molecule has 2 N–H and O–H groups in total. The van der Waals surface area contributed by atoms with E-state index in [9.17, 15) is 4.79 Å². The first-order chi connectivity index (χ1) is 8.56. The van der Waals surface area contributed by atoms with E-state index < -0.39 is 0 Å². The zero-order valence-corrected chi connectivity index (χ0v) is 12.1. The first-order valence-electron chi connectivity index (χ1n) is 6.08. The molecule has 1 aromatic heterocycles. The molecular formula is C12H21N3O2S. The number of thiazole rings is 1. The van der Waals surface area contributed by atoms with E-state index in [1.807, 2.05) is 20.0 Å². The summed E-state index contributed by atoms with van der Waals surface area (Å²) in [6.45, 7) is 6.41. The van der Waals surface area contributed by atoms with Gasteiger partial charge >= 0.3 is 6.03 Å². The zero-order chi connectivity index (χ0) is 13.5. The van der Waals surface area contributed by atoms with Gasteiger partial charge in [-0.25, -0.2) is 9.78 Å². The lowest BCUT2D eigenvalue weighted by Gasteiger charge is -2.14. The normalized spacial score (nSPS) is 14.0. The van der Waals surface area contributed by atoms with E-state index in [1.54, 1.807) is 18.4 Å². The average molecular weight is 271 g/mol. The molecule has 0 spiro atoms. The highest BCUT2D eigenvalue weighted by molar-refractivity contribution is 7.11. The minimum atomic E-state index is -0.195.